The monoisotopic (exact) mass is 322 g/mol. The second kappa shape index (κ2) is 6.21. The lowest BCUT2D eigenvalue weighted by Gasteiger charge is -2.38. The van der Waals surface area contributed by atoms with Gasteiger partial charge in [0.15, 0.2) is 11.2 Å². The first-order chi connectivity index (χ1) is 10.6. The fourth-order valence-electron chi connectivity index (χ4n) is 3.19. The van der Waals surface area contributed by atoms with Crippen molar-refractivity contribution in [3.63, 3.8) is 0 Å². The summed E-state index contributed by atoms with van der Waals surface area (Å²) >= 11 is 1.23. The highest BCUT2D eigenvalue weighted by molar-refractivity contribution is 7.16. The second-order valence-corrected chi connectivity index (χ2v) is 7.16. The van der Waals surface area contributed by atoms with Gasteiger partial charge in [-0.15, -0.1) is 0 Å². The molecule has 2 saturated carbocycles. The quantitative estimate of drug-likeness (QED) is 0.659. The number of halogens is 1. The Balaban J connectivity index is 1.71. The van der Waals surface area contributed by atoms with Gasteiger partial charge in [-0.05, 0) is 32.1 Å². The lowest BCUT2D eigenvalue weighted by Crippen LogP contribution is -2.57. The summed E-state index contributed by atoms with van der Waals surface area (Å²) in [6, 6.07) is 0. The van der Waals surface area contributed by atoms with E-state index in [2.05, 4.69) is 15.6 Å². The number of anilines is 1. The third kappa shape index (κ3) is 2.80. The Labute approximate surface area is 132 Å². The smallest absolute Gasteiger partial charge is 0.251 e. The van der Waals surface area contributed by atoms with Gasteiger partial charge in [-0.1, -0.05) is 30.6 Å². The first kappa shape index (κ1) is 15.2. The number of nitrogens with zero attached hydrogens (tertiary/aromatic N) is 2. The number of amides is 1. The molecule has 1 aromatic heterocycles. The van der Waals surface area contributed by atoms with Crippen molar-refractivity contribution in [1.82, 2.24) is 10.3 Å². The van der Waals surface area contributed by atoms with E-state index in [0.717, 1.165) is 37.1 Å². The molecule has 0 unspecified atom stereocenters. The van der Waals surface area contributed by atoms with Gasteiger partial charge in [0.05, 0.1) is 0 Å². The zero-order valence-corrected chi connectivity index (χ0v) is 13.1. The number of hydrogen-bond donors (Lipinski definition) is 2. The molecule has 2 fully saturated rings. The van der Waals surface area contributed by atoms with E-state index >= 15 is 0 Å². The van der Waals surface area contributed by atoms with Crippen molar-refractivity contribution in [2.24, 2.45) is 0 Å². The standard InChI is InChI=1S/C15H19FN4OS/c16-11-13(20-14(21)15(18-9-17)7-4-8-15)22-12(19-11)10-5-2-1-3-6-10/h10,18H,1-8H2,(H,20,21). The van der Waals surface area contributed by atoms with Crippen molar-refractivity contribution in [2.75, 3.05) is 5.32 Å². The molecular formula is C15H19FN4OS. The van der Waals surface area contributed by atoms with Crippen LogP contribution in [-0.2, 0) is 4.79 Å². The molecule has 5 nitrogen and oxygen atoms in total. The molecule has 1 aromatic rings. The van der Waals surface area contributed by atoms with Gasteiger partial charge in [0.25, 0.3) is 5.91 Å². The maximum atomic E-state index is 14.0. The zero-order chi connectivity index (χ0) is 15.6. The Kier molecular flexibility index (Phi) is 4.30. The predicted molar refractivity (Wildman–Crippen MR) is 81.9 cm³/mol. The molecule has 0 radical (unpaired) electrons. The number of hydrogen-bond acceptors (Lipinski definition) is 5. The largest absolute Gasteiger partial charge is 0.312 e. The van der Waals surface area contributed by atoms with Gasteiger partial charge in [-0.2, -0.15) is 9.65 Å². The fraction of sp³-hybridized carbons (Fsp3) is 0.667. The van der Waals surface area contributed by atoms with Crippen molar-refractivity contribution in [3.05, 3.63) is 11.0 Å². The molecule has 7 heteroatoms. The minimum Gasteiger partial charge on any atom is -0.312 e. The Hall–Kier alpha value is -1.68. The molecule has 3 rings (SSSR count). The van der Waals surface area contributed by atoms with E-state index in [1.165, 1.54) is 17.8 Å². The number of rotatable bonds is 4. The van der Waals surface area contributed by atoms with Crippen LogP contribution in [0.15, 0.2) is 0 Å². The van der Waals surface area contributed by atoms with Gasteiger partial charge < -0.3 is 10.6 Å². The van der Waals surface area contributed by atoms with E-state index in [-0.39, 0.29) is 10.9 Å². The molecule has 2 aliphatic rings. The van der Waals surface area contributed by atoms with Crippen molar-refractivity contribution in [3.8, 4) is 6.19 Å². The molecule has 0 saturated heterocycles. The third-order valence-electron chi connectivity index (χ3n) is 4.72. The highest BCUT2D eigenvalue weighted by Gasteiger charge is 2.44. The molecular weight excluding hydrogens is 303 g/mol. The molecule has 1 amide bonds. The molecule has 118 valence electrons. The van der Waals surface area contributed by atoms with Crippen LogP contribution < -0.4 is 10.6 Å². The van der Waals surface area contributed by atoms with Crippen LogP contribution in [0.25, 0.3) is 0 Å². The second-order valence-electron chi connectivity index (χ2n) is 6.13. The van der Waals surface area contributed by atoms with Gasteiger partial charge >= 0.3 is 0 Å². The lowest BCUT2D eigenvalue weighted by atomic mass is 9.76. The van der Waals surface area contributed by atoms with Gasteiger partial charge in [-0.3, -0.25) is 4.79 Å². The number of carbonyl (C=O) groups is 1. The minimum absolute atomic E-state index is 0.177. The number of nitriles is 1. The molecule has 1 heterocycles. The topological polar surface area (TPSA) is 77.8 Å². The number of aromatic nitrogens is 1. The molecule has 2 N–H and O–H groups in total. The summed E-state index contributed by atoms with van der Waals surface area (Å²) < 4.78 is 14.0. The fourth-order valence-corrected chi connectivity index (χ4v) is 4.20. The summed E-state index contributed by atoms with van der Waals surface area (Å²) in [4.78, 5) is 16.3. The third-order valence-corrected chi connectivity index (χ3v) is 5.83. The number of carbonyl (C=O) groups excluding carboxylic acids is 1. The first-order valence-corrected chi connectivity index (χ1v) is 8.60. The average Bonchev–Trinajstić information content (AvgIpc) is 2.85. The summed E-state index contributed by atoms with van der Waals surface area (Å²) in [5.41, 5.74) is -0.865. The molecule has 0 bridgehead atoms. The van der Waals surface area contributed by atoms with Crippen LogP contribution in [0.2, 0.25) is 0 Å². The van der Waals surface area contributed by atoms with Crippen LogP contribution in [0.5, 0.6) is 0 Å². The summed E-state index contributed by atoms with van der Waals surface area (Å²) in [6.45, 7) is 0. The van der Waals surface area contributed by atoms with Gasteiger partial charge in [0.1, 0.15) is 10.5 Å². The molecule has 22 heavy (non-hydrogen) atoms. The van der Waals surface area contributed by atoms with Crippen molar-refractivity contribution >= 4 is 22.2 Å². The number of thiazole rings is 1. The van der Waals surface area contributed by atoms with E-state index < -0.39 is 11.5 Å². The number of nitrogens with one attached hydrogen (secondary N) is 2. The van der Waals surface area contributed by atoms with E-state index in [9.17, 15) is 9.18 Å². The average molecular weight is 322 g/mol. The van der Waals surface area contributed by atoms with Crippen LogP contribution in [0.3, 0.4) is 0 Å². The van der Waals surface area contributed by atoms with E-state index in [1.807, 2.05) is 6.19 Å². The van der Waals surface area contributed by atoms with Gasteiger partial charge in [0, 0.05) is 5.92 Å². The summed E-state index contributed by atoms with van der Waals surface area (Å²) in [5.74, 6) is -0.628. The SMILES string of the molecule is N#CNC1(C(=O)Nc2sc(C3CCCCC3)nc2F)CCC1. The molecule has 0 aliphatic heterocycles. The summed E-state index contributed by atoms with van der Waals surface area (Å²) in [6.07, 6.45) is 9.55. The highest BCUT2D eigenvalue weighted by atomic mass is 32.1. The van der Waals surface area contributed by atoms with Gasteiger partial charge in [0.2, 0.25) is 5.95 Å². The summed E-state index contributed by atoms with van der Waals surface area (Å²) in [5, 5.41) is 14.9. The zero-order valence-electron chi connectivity index (χ0n) is 12.3. The Bertz CT molecular complexity index is 599. The highest BCUT2D eigenvalue weighted by Crippen LogP contribution is 2.38. The molecule has 0 spiro atoms. The maximum Gasteiger partial charge on any atom is 0.251 e. The normalized spacial score (nSPS) is 20.7. The lowest BCUT2D eigenvalue weighted by molar-refractivity contribution is -0.125. The van der Waals surface area contributed by atoms with Crippen LogP contribution in [0.1, 0.15) is 62.3 Å². The van der Waals surface area contributed by atoms with Crippen LogP contribution in [-0.4, -0.2) is 16.4 Å². The molecule has 0 aromatic carbocycles. The van der Waals surface area contributed by atoms with Crippen LogP contribution in [0, 0.1) is 17.4 Å². The Morgan fingerprint density at radius 1 is 1.32 bits per heavy atom. The first-order valence-electron chi connectivity index (χ1n) is 7.78. The van der Waals surface area contributed by atoms with E-state index in [0.29, 0.717) is 18.8 Å². The predicted octanol–water partition coefficient (Wildman–Crippen LogP) is 3.26. The summed E-state index contributed by atoms with van der Waals surface area (Å²) in [7, 11) is 0. The van der Waals surface area contributed by atoms with Gasteiger partial charge in [-0.25, -0.2) is 4.98 Å². The van der Waals surface area contributed by atoms with Crippen LogP contribution >= 0.6 is 11.3 Å². The van der Waals surface area contributed by atoms with E-state index in [1.54, 1.807) is 0 Å². The molecule has 0 atom stereocenters. The molecule has 2 aliphatic carbocycles. The van der Waals surface area contributed by atoms with E-state index in [4.69, 9.17) is 5.26 Å². The Morgan fingerprint density at radius 2 is 2.05 bits per heavy atom. The maximum absolute atomic E-state index is 14.0. The van der Waals surface area contributed by atoms with Crippen molar-refractivity contribution in [2.45, 2.75) is 62.8 Å². The van der Waals surface area contributed by atoms with Crippen LogP contribution in [0.4, 0.5) is 9.39 Å². The minimum atomic E-state index is -0.865. The Morgan fingerprint density at radius 3 is 2.64 bits per heavy atom. The van der Waals surface area contributed by atoms with Crippen molar-refractivity contribution in [1.29, 1.82) is 5.26 Å². The van der Waals surface area contributed by atoms with Crippen molar-refractivity contribution < 1.29 is 9.18 Å².